The number of benzene rings is 1. The lowest BCUT2D eigenvalue weighted by Gasteiger charge is -2.36. The molecule has 0 radical (unpaired) electrons. The predicted molar refractivity (Wildman–Crippen MR) is 114 cm³/mol. The summed E-state index contributed by atoms with van der Waals surface area (Å²) in [5.41, 5.74) is 0.304. The first-order valence-electron chi connectivity index (χ1n) is 9.45. The Kier molecular flexibility index (Phi) is 6.51. The molecule has 1 aliphatic heterocycles. The minimum Gasteiger partial charge on any atom is -0.319 e. The van der Waals surface area contributed by atoms with Gasteiger partial charge in [0.15, 0.2) is 0 Å². The van der Waals surface area contributed by atoms with Crippen molar-refractivity contribution >= 4 is 24.0 Å². The van der Waals surface area contributed by atoms with Gasteiger partial charge < -0.3 is 15.2 Å². The first-order valence-corrected chi connectivity index (χ1v) is 9.45. The molecule has 0 spiro atoms. The van der Waals surface area contributed by atoms with Crippen molar-refractivity contribution in [2.45, 2.75) is 24.9 Å². The highest BCUT2D eigenvalue weighted by Crippen LogP contribution is 2.28. The van der Waals surface area contributed by atoms with Gasteiger partial charge in [-0.15, -0.1) is 12.4 Å². The fourth-order valence-corrected chi connectivity index (χ4v) is 3.70. The molecule has 1 fully saturated rings. The molecule has 2 N–H and O–H groups in total. The molecule has 0 atom stereocenters. The highest BCUT2D eigenvalue weighted by molar-refractivity contribution is 5.96. The quantitative estimate of drug-likeness (QED) is 0.672. The zero-order chi connectivity index (χ0) is 19.4. The highest BCUT2D eigenvalue weighted by Gasteiger charge is 2.42. The van der Waals surface area contributed by atoms with Crippen molar-refractivity contribution in [3.8, 4) is 0 Å². The highest BCUT2D eigenvalue weighted by atomic mass is 35.5. The van der Waals surface area contributed by atoms with E-state index in [9.17, 15) is 9.59 Å². The van der Waals surface area contributed by atoms with Gasteiger partial charge in [-0.3, -0.25) is 14.3 Å². The molecule has 0 unspecified atom stereocenters. The lowest BCUT2D eigenvalue weighted by Crippen LogP contribution is -2.52. The normalized spacial score (nSPS) is 15.3. The van der Waals surface area contributed by atoms with E-state index in [2.05, 4.69) is 15.7 Å². The lowest BCUT2D eigenvalue weighted by molar-refractivity contribution is -0.126. The van der Waals surface area contributed by atoms with E-state index in [4.69, 9.17) is 0 Å². The van der Waals surface area contributed by atoms with Crippen LogP contribution in [0.3, 0.4) is 0 Å². The molecule has 0 saturated carbocycles. The fraction of sp³-hybridized carbons (Fsp3) is 0.286. The van der Waals surface area contributed by atoms with Crippen LogP contribution in [0.4, 0.5) is 5.69 Å². The van der Waals surface area contributed by atoms with Crippen molar-refractivity contribution < 1.29 is 4.79 Å². The molecule has 3 heterocycles. The summed E-state index contributed by atoms with van der Waals surface area (Å²) >= 11 is 0. The van der Waals surface area contributed by atoms with Gasteiger partial charge in [0.25, 0.3) is 11.5 Å². The average Bonchev–Trinajstić information content (AvgIpc) is 3.28. The Balaban J connectivity index is 0.00000240. The number of amides is 1. The molecule has 3 aromatic rings. The molecule has 1 saturated heterocycles. The van der Waals surface area contributed by atoms with Crippen molar-refractivity contribution in [1.29, 1.82) is 0 Å². The molecule has 4 rings (SSSR count). The van der Waals surface area contributed by atoms with Crippen molar-refractivity contribution in [3.05, 3.63) is 83.0 Å². The molecular weight excluding hydrogens is 390 g/mol. The Bertz CT molecular complexity index is 995. The Morgan fingerprint density at radius 2 is 1.83 bits per heavy atom. The number of pyridine rings is 1. The van der Waals surface area contributed by atoms with E-state index in [1.807, 2.05) is 42.6 Å². The summed E-state index contributed by atoms with van der Waals surface area (Å²) in [6.07, 6.45) is 6.45. The van der Waals surface area contributed by atoms with Crippen LogP contribution in [0.2, 0.25) is 0 Å². The maximum Gasteiger partial charge on any atom is 0.274 e. The van der Waals surface area contributed by atoms with Crippen LogP contribution in [0.1, 0.15) is 18.4 Å². The Morgan fingerprint density at radius 1 is 1.07 bits per heavy atom. The summed E-state index contributed by atoms with van der Waals surface area (Å²) in [7, 11) is 0. The number of piperidine rings is 1. The first kappa shape index (κ1) is 20.8. The second kappa shape index (κ2) is 9.07. The molecule has 2 aromatic heterocycles. The third kappa shape index (κ3) is 4.26. The summed E-state index contributed by atoms with van der Waals surface area (Å²) in [5.74, 6) is -0.202. The minimum atomic E-state index is -0.790. The third-order valence-electron chi connectivity index (χ3n) is 5.26. The van der Waals surface area contributed by atoms with Crippen LogP contribution < -0.4 is 16.2 Å². The fourth-order valence-electron chi connectivity index (χ4n) is 3.70. The molecular formula is C21H24ClN5O2. The third-order valence-corrected chi connectivity index (χ3v) is 5.26. The topological polar surface area (TPSA) is 81.0 Å². The molecule has 152 valence electrons. The summed E-state index contributed by atoms with van der Waals surface area (Å²) in [6, 6.07) is 15.0. The Morgan fingerprint density at radius 3 is 2.52 bits per heavy atom. The van der Waals surface area contributed by atoms with Gasteiger partial charge in [-0.05, 0) is 49.7 Å². The van der Waals surface area contributed by atoms with Crippen LogP contribution in [-0.4, -0.2) is 33.3 Å². The van der Waals surface area contributed by atoms with Gasteiger partial charge in [-0.1, -0.05) is 30.3 Å². The van der Waals surface area contributed by atoms with E-state index in [0.29, 0.717) is 19.4 Å². The Hall–Kier alpha value is -2.90. The average molecular weight is 414 g/mol. The first-order chi connectivity index (χ1) is 13.7. The number of carbonyl (C=O) groups excluding carboxylic acids is 1. The van der Waals surface area contributed by atoms with Gasteiger partial charge in [-0.25, -0.2) is 0 Å². The van der Waals surface area contributed by atoms with Crippen molar-refractivity contribution in [2.75, 3.05) is 18.4 Å². The van der Waals surface area contributed by atoms with Crippen LogP contribution in [0.25, 0.3) is 0 Å². The van der Waals surface area contributed by atoms with E-state index < -0.39 is 5.54 Å². The van der Waals surface area contributed by atoms with Gasteiger partial charge in [0.05, 0.1) is 6.54 Å². The zero-order valence-electron chi connectivity index (χ0n) is 16.0. The van der Waals surface area contributed by atoms with Crippen molar-refractivity contribution in [2.24, 2.45) is 0 Å². The number of rotatable bonds is 5. The lowest BCUT2D eigenvalue weighted by atomic mass is 9.87. The maximum atomic E-state index is 13.3. The van der Waals surface area contributed by atoms with Gasteiger partial charge in [-0.2, -0.15) is 5.10 Å². The minimum absolute atomic E-state index is 0. The number of halogens is 1. The van der Waals surface area contributed by atoms with Crippen molar-refractivity contribution in [1.82, 2.24) is 19.7 Å². The van der Waals surface area contributed by atoms with E-state index in [-0.39, 0.29) is 29.6 Å². The zero-order valence-corrected chi connectivity index (χ0v) is 16.8. The number of hydrogen-bond donors (Lipinski definition) is 2. The van der Waals surface area contributed by atoms with Crippen molar-refractivity contribution in [3.63, 3.8) is 0 Å². The maximum absolute atomic E-state index is 13.3. The summed E-state index contributed by atoms with van der Waals surface area (Å²) in [5, 5.41) is 10.5. The monoisotopic (exact) mass is 413 g/mol. The number of nitrogens with zero attached hydrogens (tertiary/aromatic N) is 3. The summed E-state index contributed by atoms with van der Waals surface area (Å²) in [4.78, 5) is 26.2. The number of nitrogens with one attached hydrogen (secondary N) is 2. The van der Waals surface area contributed by atoms with Crippen LogP contribution >= 0.6 is 12.4 Å². The molecule has 29 heavy (non-hydrogen) atoms. The number of anilines is 1. The molecule has 0 bridgehead atoms. The SMILES string of the molecule is Cl.O=C(Nc1cccn(Cc2ccccc2)c1=O)C1(n2cccn2)CCNCC1. The van der Waals surface area contributed by atoms with Crippen LogP contribution in [0.15, 0.2) is 71.9 Å². The molecule has 8 heteroatoms. The smallest absolute Gasteiger partial charge is 0.274 e. The van der Waals surface area contributed by atoms with E-state index in [0.717, 1.165) is 18.7 Å². The number of hydrogen-bond acceptors (Lipinski definition) is 4. The standard InChI is InChI=1S/C21H23N5O2.ClH/c27-19-18(8-4-14-25(19)16-17-6-2-1-3-7-17)24-20(28)21(9-12-22-13-10-21)26-15-5-11-23-26;/h1-8,11,14-15,22H,9-10,12-13,16H2,(H,24,28);1H. The second-order valence-electron chi connectivity index (χ2n) is 7.03. The Labute approximate surface area is 175 Å². The van der Waals surface area contributed by atoms with E-state index >= 15 is 0 Å². The molecule has 0 aliphatic carbocycles. The van der Waals surface area contributed by atoms with E-state index in [1.165, 1.54) is 0 Å². The van der Waals surface area contributed by atoms with Gasteiger partial charge in [0, 0.05) is 18.6 Å². The molecule has 1 aliphatic rings. The second-order valence-corrected chi connectivity index (χ2v) is 7.03. The van der Waals surface area contributed by atoms with Gasteiger partial charge in [0.2, 0.25) is 0 Å². The van der Waals surface area contributed by atoms with Crippen LogP contribution in [0, 0.1) is 0 Å². The molecule has 7 nitrogen and oxygen atoms in total. The number of aromatic nitrogens is 3. The van der Waals surface area contributed by atoms with Crippen LogP contribution in [0.5, 0.6) is 0 Å². The predicted octanol–water partition coefficient (Wildman–Crippen LogP) is 2.23. The largest absolute Gasteiger partial charge is 0.319 e. The van der Waals surface area contributed by atoms with Gasteiger partial charge >= 0.3 is 0 Å². The molecule has 1 amide bonds. The summed E-state index contributed by atoms with van der Waals surface area (Å²) in [6.45, 7) is 1.90. The van der Waals surface area contributed by atoms with Crippen LogP contribution in [-0.2, 0) is 16.9 Å². The summed E-state index contributed by atoms with van der Waals surface area (Å²) < 4.78 is 3.32. The van der Waals surface area contributed by atoms with Gasteiger partial charge in [0.1, 0.15) is 11.2 Å². The van der Waals surface area contributed by atoms with E-state index in [1.54, 1.807) is 33.8 Å². The molecule has 1 aromatic carbocycles. The number of carbonyl (C=O) groups is 1.